The molecule has 2 nitrogen and oxygen atoms in total. The van der Waals surface area contributed by atoms with Crippen LogP contribution in [0.2, 0.25) is 0 Å². The van der Waals surface area contributed by atoms with Crippen molar-refractivity contribution in [2.24, 2.45) is 5.92 Å². The van der Waals surface area contributed by atoms with E-state index in [0.717, 1.165) is 18.5 Å². The lowest BCUT2D eigenvalue weighted by atomic mass is 9.94. The zero-order valence-electron chi connectivity index (χ0n) is 12.0. The van der Waals surface area contributed by atoms with Crippen LogP contribution < -0.4 is 5.32 Å². The molecule has 4 heteroatoms. The number of hydrogen-bond acceptors (Lipinski definition) is 2. The van der Waals surface area contributed by atoms with E-state index in [1.165, 1.54) is 6.07 Å². The predicted molar refractivity (Wildman–Crippen MR) is 80.9 cm³/mol. The van der Waals surface area contributed by atoms with Crippen LogP contribution in [0.5, 0.6) is 0 Å². The molecule has 0 aliphatic heterocycles. The van der Waals surface area contributed by atoms with Crippen molar-refractivity contribution < 1.29 is 9.13 Å². The first-order valence-electron chi connectivity index (χ1n) is 6.69. The van der Waals surface area contributed by atoms with Crippen LogP contribution in [0.1, 0.15) is 26.3 Å². The second-order valence-electron chi connectivity index (χ2n) is 5.06. The van der Waals surface area contributed by atoms with Crippen LogP contribution in [0.3, 0.4) is 0 Å². The van der Waals surface area contributed by atoms with E-state index in [-0.39, 0.29) is 18.0 Å². The first-order valence-corrected chi connectivity index (χ1v) is 7.49. The third-order valence-electron chi connectivity index (χ3n) is 3.23. The molecule has 0 bridgehead atoms. The Labute approximate surface area is 123 Å². The second kappa shape index (κ2) is 7.98. The van der Waals surface area contributed by atoms with Crippen LogP contribution >= 0.6 is 15.9 Å². The van der Waals surface area contributed by atoms with E-state index in [1.807, 2.05) is 12.1 Å². The maximum atomic E-state index is 13.2. The molecule has 0 saturated carbocycles. The Morgan fingerprint density at radius 1 is 1.37 bits per heavy atom. The van der Waals surface area contributed by atoms with Gasteiger partial charge in [0.2, 0.25) is 0 Å². The second-order valence-corrected chi connectivity index (χ2v) is 5.92. The van der Waals surface area contributed by atoms with E-state index in [9.17, 15) is 4.39 Å². The summed E-state index contributed by atoms with van der Waals surface area (Å²) in [5, 5.41) is 3.46. The molecule has 0 spiro atoms. The quantitative estimate of drug-likeness (QED) is 0.820. The van der Waals surface area contributed by atoms with Crippen molar-refractivity contribution in [2.45, 2.75) is 39.3 Å². The van der Waals surface area contributed by atoms with Gasteiger partial charge in [-0.15, -0.1) is 0 Å². The van der Waals surface area contributed by atoms with E-state index in [4.69, 9.17) is 4.74 Å². The van der Waals surface area contributed by atoms with E-state index < -0.39 is 0 Å². The topological polar surface area (TPSA) is 21.3 Å². The standard InChI is InChI=1S/C15H23BrFNO/c1-5-18-14(15(19-4)10(2)3)9-11-6-7-13(17)12(16)8-11/h6-8,10,14-15,18H,5,9H2,1-4H3. The average Bonchev–Trinajstić information content (AvgIpc) is 2.34. The smallest absolute Gasteiger partial charge is 0.137 e. The molecule has 0 heterocycles. The molecule has 1 aromatic carbocycles. The molecule has 2 atom stereocenters. The highest BCUT2D eigenvalue weighted by Gasteiger charge is 2.24. The molecule has 0 aromatic heterocycles. The number of benzene rings is 1. The zero-order valence-corrected chi connectivity index (χ0v) is 13.6. The minimum absolute atomic E-state index is 0.142. The predicted octanol–water partition coefficient (Wildman–Crippen LogP) is 3.78. The molecule has 0 amide bonds. The number of nitrogens with one attached hydrogen (secondary N) is 1. The molecule has 1 rings (SSSR count). The lowest BCUT2D eigenvalue weighted by Gasteiger charge is -2.30. The van der Waals surface area contributed by atoms with Crippen molar-refractivity contribution in [3.8, 4) is 0 Å². The molecule has 0 aliphatic rings. The highest BCUT2D eigenvalue weighted by molar-refractivity contribution is 9.10. The number of rotatable bonds is 7. The van der Waals surface area contributed by atoms with Gasteiger partial charge in [-0.3, -0.25) is 0 Å². The molecule has 1 N–H and O–H groups in total. The maximum absolute atomic E-state index is 13.2. The van der Waals surface area contributed by atoms with Crippen LogP contribution in [-0.2, 0) is 11.2 Å². The molecule has 19 heavy (non-hydrogen) atoms. The van der Waals surface area contributed by atoms with Gasteiger partial charge >= 0.3 is 0 Å². The Morgan fingerprint density at radius 2 is 2.05 bits per heavy atom. The molecule has 2 unspecified atom stereocenters. The van der Waals surface area contributed by atoms with E-state index in [1.54, 1.807) is 7.11 Å². The van der Waals surface area contributed by atoms with E-state index in [0.29, 0.717) is 10.4 Å². The number of ether oxygens (including phenoxy) is 1. The van der Waals surface area contributed by atoms with Gasteiger partial charge in [-0.05, 0) is 52.5 Å². The van der Waals surface area contributed by atoms with Crippen LogP contribution in [-0.4, -0.2) is 25.8 Å². The minimum atomic E-state index is -0.226. The zero-order chi connectivity index (χ0) is 14.4. The van der Waals surface area contributed by atoms with Crippen LogP contribution in [0.25, 0.3) is 0 Å². The summed E-state index contributed by atoms with van der Waals surface area (Å²) in [7, 11) is 1.75. The van der Waals surface area contributed by atoms with Gasteiger partial charge in [0.05, 0.1) is 10.6 Å². The molecular weight excluding hydrogens is 309 g/mol. The van der Waals surface area contributed by atoms with Gasteiger partial charge in [0.25, 0.3) is 0 Å². The van der Waals surface area contributed by atoms with E-state index >= 15 is 0 Å². The van der Waals surface area contributed by atoms with Crippen molar-refractivity contribution >= 4 is 15.9 Å². The molecular formula is C15H23BrFNO. The van der Waals surface area contributed by atoms with Crippen molar-refractivity contribution in [1.82, 2.24) is 5.32 Å². The summed E-state index contributed by atoms with van der Waals surface area (Å²) in [5.74, 6) is 0.203. The highest BCUT2D eigenvalue weighted by atomic mass is 79.9. The summed E-state index contributed by atoms with van der Waals surface area (Å²) >= 11 is 3.23. The highest BCUT2D eigenvalue weighted by Crippen LogP contribution is 2.20. The van der Waals surface area contributed by atoms with Gasteiger partial charge in [-0.2, -0.15) is 0 Å². The summed E-state index contributed by atoms with van der Waals surface area (Å²) in [6.45, 7) is 7.28. The molecule has 0 aliphatic carbocycles. The third kappa shape index (κ3) is 4.86. The Morgan fingerprint density at radius 3 is 2.53 bits per heavy atom. The van der Waals surface area contributed by atoms with Crippen LogP contribution in [0, 0.1) is 11.7 Å². The van der Waals surface area contributed by atoms with Crippen LogP contribution in [0.4, 0.5) is 4.39 Å². The van der Waals surface area contributed by atoms with Gasteiger partial charge < -0.3 is 10.1 Å². The lowest BCUT2D eigenvalue weighted by molar-refractivity contribution is 0.0337. The SMILES string of the molecule is CCNC(Cc1ccc(F)c(Br)c1)C(OC)C(C)C. The molecule has 0 fully saturated rings. The maximum Gasteiger partial charge on any atom is 0.137 e. The minimum Gasteiger partial charge on any atom is -0.380 e. The van der Waals surface area contributed by atoms with Gasteiger partial charge in [0, 0.05) is 13.2 Å². The monoisotopic (exact) mass is 331 g/mol. The van der Waals surface area contributed by atoms with Crippen molar-refractivity contribution in [2.75, 3.05) is 13.7 Å². The van der Waals surface area contributed by atoms with Gasteiger partial charge in [0.15, 0.2) is 0 Å². The molecule has 108 valence electrons. The molecule has 0 saturated heterocycles. The Kier molecular flexibility index (Phi) is 6.97. The Bertz CT molecular complexity index is 398. The first-order chi connectivity index (χ1) is 8.99. The summed E-state index contributed by atoms with van der Waals surface area (Å²) in [4.78, 5) is 0. The van der Waals surface area contributed by atoms with Gasteiger partial charge in [0.1, 0.15) is 5.82 Å². The summed E-state index contributed by atoms with van der Waals surface area (Å²) < 4.78 is 19.4. The fourth-order valence-corrected chi connectivity index (χ4v) is 2.81. The number of likely N-dealkylation sites (N-methyl/N-ethyl adjacent to an activating group) is 1. The largest absolute Gasteiger partial charge is 0.380 e. The third-order valence-corrected chi connectivity index (χ3v) is 3.84. The van der Waals surface area contributed by atoms with Crippen molar-refractivity contribution in [3.05, 3.63) is 34.1 Å². The molecule has 0 radical (unpaired) electrons. The summed E-state index contributed by atoms with van der Waals surface area (Å²) in [5.41, 5.74) is 1.10. The fourth-order valence-electron chi connectivity index (χ4n) is 2.39. The van der Waals surface area contributed by atoms with Crippen LogP contribution in [0.15, 0.2) is 22.7 Å². The summed E-state index contributed by atoms with van der Waals surface area (Å²) in [6, 6.07) is 5.40. The number of hydrogen-bond donors (Lipinski definition) is 1. The lowest BCUT2D eigenvalue weighted by Crippen LogP contribution is -2.45. The van der Waals surface area contributed by atoms with E-state index in [2.05, 4.69) is 42.0 Å². The Balaban J connectivity index is 2.85. The fraction of sp³-hybridized carbons (Fsp3) is 0.600. The Hall–Kier alpha value is -0.450. The van der Waals surface area contributed by atoms with Gasteiger partial charge in [-0.1, -0.05) is 26.8 Å². The van der Waals surface area contributed by atoms with Crippen molar-refractivity contribution in [3.63, 3.8) is 0 Å². The normalized spacial score (nSPS) is 14.7. The number of methoxy groups -OCH3 is 1. The number of halogens is 2. The van der Waals surface area contributed by atoms with Gasteiger partial charge in [-0.25, -0.2) is 4.39 Å². The average molecular weight is 332 g/mol. The van der Waals surface area contributed by atoms with Crippen molar-refractivity contribution in [1.29, 1.82) is 0 Å². The first kappa shape index (κ1) is 16.6. The molecule has 1 aromatic rings. The summed E-state index contributed by atoms with van der Waals surface area (Å²) in [6.07, 6.45) is 0.965.